The fraction of sp³-hybridized carbons (Fsp3) is 0.394. The number of carbonyl (C=O) groups excluding carboxylic acids is 2. The summed E-state index contributed by atoms with van der Waals surface area (Å²) >= 11 is 12.6. The van der Waals surface area contributed by atoms with Gasteiger partial charge in [-0.15, -0.1) is 0 Å². The average molecular weight is 623 g/mol. The van der Waals surface area contributed by atoms with Crippen LogP contribution in [-0.2, 0) is 21.3 Å². The van der Waals surface area contributed by atoms with Crippen molar-refractivity contribution in [3.05, 3.63) is 93.2 Å². The van der Waals surface area contributed by atoms with E-state index in [9.17, 15) is 9.59 Å². The lowest BCUT2D eigenvalue weighted by Gasteiger charge is -2.46. The largest absolute Gasteiger partial charge is 0.493 e. The van der Waals surface area contributed by atoms with Crippen LogP contribution in [0.15, 0.2) is 65.8 Å². The van der Waals surface area contributed by atoms with E-state index in [2.05, 4.69) is 26.1 Å². The highest BCUT2D eigenvalue weighted by molar-refractivity contribution is 6.30. The van der Waals surface area contributed by atoms with Crippen LogP contribution >= 0.6 is 23.2 Å². The van der Waals surface area contributed by atoms with Crippen LogP contribution in [0.2, 0.25) is 10.0 Å². The first-order valence-electron chi connectivity index (χ1n) is 14.4. The Morgan fingerprint density at radius 1 is 1.02 bits per heavy atom. The monoisotopic (exact) mass is 621 g/mol. The Morgan fingerprint density at radius 3 is 2.19 bits per heavy atom. The van der Waals surface area contributed by atoms with Crippen molar-refractivity contribution in [3.8, 4) is 5.75 Å². The van der Waals surface area contributed by atoms with E-state index in [0.717, 1.165) is 16.8 Å². The number of benzene rings is 2. The number of nitrogens with zero attached hydrogens (tertiary/aromatic N) is 4. The number of carbonyl (C=O) groups is 2. The number of rotatable bonds is 5. The number of ether oxygens (including phenoxy) is 1. The zero-order valence-corrected chi connectivity index (χ0v) is 26.9. The van der Waals surface area contributed by atoms with Gasteiger partial charge < -0.3 is 15.0 Å². The number of amidine groups is 1. The van der Waals surface area contributed by atoms with Gasteiger partial charge in [0.2, 0.25) is 5.91 Å². The number of pyridine rings is 1. The molecule has 1 N–H and O–H groups in total. The van der Waals surface area contributed by atoms with Crippen molar-refractivity contribution in [3.63, 3.8) is 0 Å². The Bertz CT molecular complexity index is 1570. The van der Waals surface area contributed by atoms with Crippen molar-refractivity contribution in [2.75, 3.05) is 26.2 Å². The number of aromatic nitrogens is 1. The van der Waals surface area contributed by atoms with Crippen molar-refractivity contribution in [1.29, 1.82) is 0 Å². The van der Waals surface area contributed by atoms with Gasteiger partial charge >= 0.3 is 6.03 Å². The summed E-state index contributed by atoms with van der Waals surface area (Å²) in [5.74, 6) is 0.772. The summed E-state index contributed by atoms with van der Waals surface area (Å²) in [6.07, 6.45) is 1.74. The molecule has 2 aliphatic rings. The van der Waals surface area contributed by atoms with Crippen LogP contribution in [0.5, 0.6) is 5.75 Å². The molecule has 0 aliphatic carbocycles. The summed E-state index contributed by atoms with van der Waals surface area (Å²) in [6.45, 7) is 13.3. The second kappa shape index (κ2) is 11.5. The van der Waals surface area contributed by atoms with E-state index in [1.54, 1.807) is 16.0 Å². The number of hydrogen-bond acceptors (Lipinski definition) is 5. The van der Waals surface area contributed by atoms with Crippen molar-refractivity contribution in [1.82, 2.24) is 20.1 Å². The van der Waals surface area contributed by atoms with Crippen LogP contribution in [0.4, 0.5) is 4.79 Å². The first-order chi connectivity index (χ1) is 20.3. The highest BCUT2D eigenvalue weighted by Gasteiger charge is 2.60. The maximum Gasteiger partial charge on any atom is 0.327 e. The molecule has 3 aromatic rings. The zero-order valence-electron chi connectivity index (χ0n) is 25.4. The van der Waals surface area contributed by atoms with Crippen molar-refractivity contribution in [2.45, 2.75) is 58.0 Å². The molecular weight excluding hydrogens is 585 g/mol. The van der Waals surface area contributed by atoms with Crippen LogP contribution in [-0.4, -0.2) is 58.8 Å². The highest BCUT2D eigenvalue weighted by Crippen LogP contribution is 2.54. The number of hydrogen-bond donors (Lipinski definition) is 1. The van der Waals surface area contributed by atoms with Gasteiger partial charge in [-0.3, -0.25) is 19.7 Å². The second-order valence-electron chi connectivity index (χ2n) is 12.2. The summed E-state index contributed by atoms with van der Waals surface area (Å²) in [5.41, 5.74) is 0.815. The standard InChI is InChI=1S/C33H37Cl2N5O3/c1-7-43-26-18-27(31(2,3)4)37-19-25(26)29-38-32(5,21-8-12-23(34)13-9-21)33(6,22-10-14-24(35)15-11-22)40(29)30(42)39-17-16-36-28(41)20-39/h8-15,18-19H,7,16-17,20H2,1-6H3,(H,36,41)/t32-,33-/m0/s1. The highest BCUT2D eigenvalue weighted by atomic mass is 35.5. The van der Waals surface area contributed by atoms with E-state index in [-0.39, 0.29) is 23.9 Å². The van der Waals surface area contributed by atoms with Gasteiger partial charge in [-0.1, -0.05) is 68.2 Å². The molecule has 10 heteroatoms. The smallest absolute Gasteiger partial charge is 0.327 e. The first-order valence-corrected chi connectivity index (χ1v) is 15.2. The summed E-state index contributed by atoms with van der Waals surface area (Å²) in [7, 11) is 0. The van der Waals surface area contributed by atoms with Crippen molar-refractivity contribution in [2.24, 2.45) is 4.99 Å². The molecule has 5 rings (SSSR count). The topological polar surface area (TPSA) is 87.1 Å². The van der Waals surface area contributed by atoms with Gasteiger partial charge in [0.05, 0.1) is 12.2 Å². The Balaban J connectivity index is 1.81. The molecule has 2 atom stereocenters. The molecule has 8 nitrogen and oxygen atoms in total. The lowest BCUT2D eigenvalue weighted by molar-refractivity contribution is -0.123. The molecule has 2 aliphatic heterocycles. The number of piperazine rings is 1. The van der Waals surface area contributed by atoms with Crippen LogP contribution in [0.1, 0.15) is 63.9 Å². The summed E-state index contributed by atoms with van der Waals surface area (Å²) in [5, 5.41) is 3.98. The number of nitrogens with one attached hydrogen (secondary N) is 1. The molecule has 1 fully saturated rings. The minimum Gasteiger partial charge on any atom is -0.493 e. The predicted octanol–water partition coefficient (Wildman–Crippen LogP) is 6.53. The van der Waals surface area contributed by atoms with E-state index in [0.29, 0.717) is 46.9 Å². The summed E-state index contributed by atoms with van der Waals surface area (Å²) in [4.78, 5) is 40.7. The quantitative estimate of drug-likeness (QED) is 0.351. The van der Waals surface area contributed by atoms with Crippen molar-refractivity contribution < 1.29 is 14.3 Å². The first kappa shape index (κ1) is 30.8. The van der Waals surface area contributed by atoms with Crippen LogP contribution < -0.4 is 10.1 Å². The number of urea groups is 1. The molecule has 1 saturated heterocycles. The third-order valence-corrected chi connectivity index (χ3v) is 8.93. The molecule has 43 heavy (non-hydrogen) atoms. The molecule has 1 aromatic heterocycles. The summed E-state index contributed by atoms with van der Waals surface area (Å²) in [6, 6.07) is 16.6. The SMILES string of the molecule is CCOc1cc(C(C)(C)C)ncc1C1=N[C@@](C)(c2ccc(Cl)cc2)[C@](C)(c2ccc(Cl)cc2)N1C(=O)N1CCNC(=O)C1. The predicted molar refractivity (Wildman–Crippen MR) is 170 cm³/mol. The molecule has 3 heterocycles. The molecule has 0 radical (unpaired) electrons. The van der Waals surface area contributed by atoms with Crippen LogP contribution in [0, 0.1) is 0 Å². The lowest BCUT2D eigenvalue weighted by Crippen LogP contribution is -2.61. The van der Waals surface area contributed by atoms with E-state index in [1.165, 1.54) is 0 Å². The molecular formula is C33H37Cl2N5O3. The molecule has 2 aromatic carbocycles. The third-order valence-electron chi connectivity index (χ3n) is 8.42. The zero-order chi connectivity index (χ0) is 31.2. The van der Waals surface area contributed by atoms with E-state index in [4.69, 9.17) is 37.9 Å². The molecule has 3 amide bonds. The molecule has 0 unspecified atom stereocenters. The minimum absolute atomic E-state index is 0.0590. The Morgan fingerprint density at radius 2 is 1.63 bits per heavy atom. The number of amides is 3. The van der Waals surface area contributed by atoms with Gasteiger partial charge in [0.25, 0.3) is 0 Å². The maximum absolute atomic E-state index is 14.7. The maximum atomic E-state index is 14.7. The molecule has 0 saturated carbocycles. The lowest BCUT2D eigenvalue weighted by atomic mass is 9.71. The fourth-order valence-corrected chi connectivity index (χ4v) is 6.05. The van der Waals surface area contributed by atoms with Gasteiger partial charge in [-0.2, -0.15) is 0 Å². The Labute approximate surface area is 263 Å². The summed E-state index contributed by atoms with van der Waals surface area (Å²) < 4.78 is 6.18. The fourth-order valence-electron chi connectivity index (χ4n) is 5.80. The van der Waals surface area contributed by atoms with Crippen LogP contribution in [0.25, 0.3) is 0 Å². The van der Waals surface area contributed by atoms with E-state index >= 15 is 0 Å². The Hall–Kier alpha value is -3.62. The average Bonchev–Trinajstić information content (AvgIpc) is 3.21. The van der Waals surface area contributed by atoms with Gasteiger partial charge in [0, 0.05) is 46.5 Å². The molecule has 0 spiro atoms. The van der Waals surface area contributed by atoms with Gasteiger partial charge in [-0.05, 0) is 56.2 Å². The van der Waals surface area contributed by atoms with E-state index < -0.39 is 11.1 Å². The van der Waals surface area contributed by atoms with Crippen LogP contribution in [0.3, 0.4) is 0 Å². The molecule has 226 valence electrons. The number of halogens is 2. The van der Waals surface area contributed by atoms with Crippen molar-refractivity contribution >= 4 is 41.0 Å². The third kappa shape index (κ3) is 5.47. The minimum atomic E-state index is -1.07. The van der Waals surface area contributed by atoms with Gasteiger partial charge in [-0.25, -0.2) is 4.79 Å². The van der Waals surface area contributed by atoms with Gasteiger partial charge in [0.15, 0.2) is 0 Å². The Kier molecular flexibility index (Phi) is 8.22. The number of aliphatic imine (C=N–C) groups is 1. The molecule has 0 bridgehead atoms. The van der Waals surface area contributed by atoms with E-state index in [1.807, 2.05) is 75.4 Å². The second-order valence-corrected chi connectivity index (χ2v) is 13.1. The normalized spacial score (nSPS) is 22.3. The van der Waals surface area contributed by atoms with Gasteiger partial charge in [0.1, 0.15) is 29.2 Å².